The monoisotopic (exact) mass is 454 g/mol. The van der Waals surface area contributed by atoms with Gasteiger partial charge >= 0.3 is 0 Å². The number of hydrogen-bond donors (Lipinski definition) is 2. The molecule has 0 aliphatic heterocycles. The zero-order chi connectivity index (χ0) is 24.1. The van der Waals surface area contributed by atoms with Gasteiger partial charge in [-0.3, -0.25) is 9.59 Å². The van der Waals surface area contributed by atoms with Crippen LogP contribution in [0.1, 0.15) is 26.3 Å². The Balaban J connectivity index is 1.66. The average Bonchev–Trinajstić information content (AvgIpc) is 3.22. The van der Waals surface area contributed by atoms with Crippen LogP contribution in [0.2, 0.25) is 0 Å². The summed E-state index contributed by atoms with van der Waals surface area (Å²) >= 11 is 0. The second-order valence-electron chi connectivity index (χ2n) is 7.87. The number of furan rings is 1. The van der Waals surface area contributed by atoms with E-state index in [4.69, 9.17) is 9.15 Å². The van der Waals surface area contributed by atoms with Gasteiger partial charge in [0.15, 0.2) is 0 Å². The minimum Gasteiger partial charge on any atom is -0.493 e. The van der Waals surface area contributed by atoms with E-state index in [1.807, 2.05) is 56.3 Å². The number of nitrogens with one attached hydrogen (secondary N) is 2. The SMILES string of the molecule is CCOc1cc2occ(-c3ccccc3)c2cc1/C(C)=C/C(=O)Nc1cccc(NC(C)=O)c1. The average molecular weight is 455 g/mol. The van der Waals surface area contributed by atoms with Crippen LogP contribution < -0.4 is 15.4 Å². The minimum atomic E-state index is -0.282. The number of rotatable bonds is 7. The lowest BCUT2D eigenvalue weighted by Gasteiger charge is -2.12. The quantitative estimate of drug-likeness (QED) is 0.312. The molecule has 0 fully saturated rings. The molecule has 0 atom stereocenters. The van der Waals surface area contributed by atoms with E-state index < -0.39 is 0 Å². The van der Waals surface area contributed by atoms with E-state index in [2.05, 4.69) is 10.6 Å². The van der Waals surface area contributed by atoms with Gasteiger partial charge < -0.3 is 19.8 Å². The number of anilines is 2. The number of hydrogen-bond acceptors (Lipinski definition) is 4. The van der Waals surface area contributed by atoms with Gasteiger partial charge in [-0.2, -0.15) is 0 Å². The van der Waals surface area contributed by atoms with E-state index in [0.717, 1.165) is 33.2 Å². The summed E-state index contributed by atoms with van der Waals surface area (Å²) in [5.74, 6) is 0.195. The summed E-state index contributed by atoms with van der Waals surface area (Å²) in [7, 11) is 0. The number of fused-ring (bicyclic) bond motifs is 1. The van der Waals surface area contributed by atoms with Crippen LogP contribution in [0.5, 0.6) is 5.75 Å². The van der Waals surface area contributed by atoms with Crippen molar-refractivity contribution in [3.8, 4) is 16.9 Å². The van der Waals surface area contributed by atoms with Crippen LogP contribution in [0, 0.1) is 0 Å². The van der Waals surface area contributed by atoms with Crippen molar-refractivity contribution in [2.75, 3.05) is 17.2 Å². The second-order valence-corrected chi connectivity index (χ2v) is 7.87. The van der Waals surface area contributed by atoms with Crippen molar-refractivity contribution >= 4 is 39.7 Å². The first kappa shape index (κ1) is 22.9. The summed E-state index contributed by atoms with van der Waals surface area (Å²) in [6, 6.07) is 20.9. The summed E-state index contributed by atoms with van der Waals surface area (Å²) in [4.78, 5) is 24.1. The van der Waals surface area contributed by atoms with Crippen molar-refractivity contribution in [1.82, 2.24) is 0 Å². The Bertz CT molecular complexity index is 1370. The molecule has 1 aromatic heterocycles. The smallest absolute Gasteiger partial charge is 0.248 e. The largest absolute Gasteiger partial charge is 0.493 e. The molecule has 6 heteroatoms. The molecular weight excluding hydrogens is 428 g/mol. The number of ether oxygens (including phenoxy) is 1. The Morgan fingerprint density at radius 3 is 2.38 bits per heavy atom. The normalized spacial score (nSPS) is 11.3. The summed E-state index contributed by atoms with van der Waals surface area (Å²) in [5.41, 5.74) is 5.52. The number of carbonyl (C=O) groups is 2. The molecule has 2 amide bonds. The maximum atomic E-state index is 12.8. The number of amides is 2. The van der Waals surface area contributed by atoms with Gasteiger partial charge in [-0.15, -0.1) is 0 Å². The van der Waals surface area contributed by atoms with Crippen molar-refractivity contribution in [3.05, 3.63) is 84.6 Å². The molecule has 172 valence electrons. The Kier molecular flexibility index (Phi) is 6.78. The van der Waals surface area contributed by atoms with Crippen LogP contribution in [-0.2, 0) is 9.59 Å². The van der Waals surface area contributed by atoms with Gasteiger partial charge in [0.05, 0.1) is 12.9 Å². The van der Waals surface area contributed by atoms with E-state index in [9.17, 15) is 9.59 Å². The first-order valence-corrected chi connectivity index (χ1v) is 11.1. The van der Waals surface area contributed by atoms with Crippen molar-refractivity contribution in [3.63, 3.8) is 0 Å². The van der Waals surface area contributed by atoms with Crippen molar-refractivity contribution < 1.29 is 18.7 Å². The van der Waals surface area contributed by atoms with Crippen molar-refractivity contribution in [1.29, 1.82) is 0 Å². The number of benzene rings is 3. The molecule has 3 aromatic carbocycles. The molecule has 0 saturated heterocycles. The highest BCUT2D eigenvalue weighted by Gasteiger charge is 2.15. The molecule has 0 aliphatic rings. The highest BCUT2D eigenvalue weighted by Crippen LogP contribution is 2.37. The third-order valence-corrected chi connectivity index (χ3v) is 5.28. The van der Waals surface area contributed by atoms with Crippen molar-refractivity contribution in [2.45, 2.75) is 20.8 Å². The summed E-state index contributed by atoms with van der Waals surface area (Å²) in [6.45, 7) is 5.71. The highest BCUT2D eigenvalue weighted by molar-refractivity contribution is 6.05. The van der Waals surface area contributed by atoms with Gasteiger partial charge in [-0.05, 0) is 49.2 Å². The second kappa shape index (κ2) is 10.1. The van der Waals surface area contributed by atoms with Crippen molar-refractivity contribution in [2.24, 2.45) is 0 Å². The van der Waals surface area contributed by atoms with Crippen LogP contribution in [0.3, 0.4) is 0 Å². The predicted molar refractivity (Wildman–Crippen MR) is 136 cm³/mol. The lowest BCUT2D eigenvalue weighted by Crippen LogP contribution is -2.10. The van der Waals surface area contributed by atoms with Crippen LogP contribution >= 0.6 is 0 Å². The standard InChI is InChI=1S/C28H26N2O4/c1-4-33-26-16-27-24(25(17-34-27)20-9-6-5-7-10-20)15-23(26)18(2)13-28(32)30-22-12-8-11-21(14-22)29-19(3)31/h5-17H,4H2,1-3H3,(H,29,31)(H,30,32)/b18-13+. The van der Waals surface area contributed by atoms with Crippen LogP contribution in [0.15, 0.2) is 83.5 Å². The van der Waals surface area contributed by atoms with Gasteiger partial charge in [0.1, 0.15) is 11.3 Å². The lowest BCUT2D eigenvalue weighted by atomic mass is 9.99. The molecule has 0 aliphatic carbocycles. The molecule has 0 unspecified atom stereocenters. The number of carbonyl (C=O) groups excluding carboxylic acids is 2. The summed E-state index contributed by atoms with van der Waals surface area (Å²) in [5, 5.41) is 6.51. The maximum absolute atomic E-state index is 12.8. The van der Waals surface area contributed by atoms with E-state index >= 15 is 0 Å². The molecule has 0 spiro atoms. The Morgan fingerprint density at radius 1 is 0.941 bits per heavy atom. The fraction of sp³-hybridized carbons (Fsp3) is 0.143. The summed E-state index contributed by atoms with van der Waals surface area (Å²) < 4.78 is 11.7. The molecule has 4 rings (SSSR count). The minimum absolute atomic E-state index is 0.174. The topological polar surface area (TPSA) is 80.6 Å². The molecule has 4 aromatic rings. The van der Waals surface area contributed by atoms with Gasteiger partial charge in [0, 0.05) is 47.0 Å². The Hall–Kier alpha value is -4.32. The molecule has 6 nitrogen and oxygen atoms in total. The molecular formula is C28H26N2O4. The molecule has 0 radical (unpaired) electrons. The van der Waals surface area contributed by atoms with Crippen LogP contribution in [0.25, 0.3) is 27.7 Å². The molecule has 1 heterocycles. The molecule has 34 heavy (non-hydrogen) atoms. The first-order valence-electron chi connectivity index (χ1n) is 11.1. The van der Waals surface area contributed by atoms with Gasteiger partial charge in [0.2, 0.25) is 11.8 Å². The van der Waals surface area contributed by atoms with E-state index in [1.54, 1.807) is 30.5 Å². The Labute approximate surface area is 198 Å². The molecule has 0 bridgehead atoms. The van der Waals surface area contributed by atoms with Crippen LogP contribution in [-0.4, -0.2) is 18.4 Å². The van der Waals surface area contributed by atoms with Gasteiger partial charge in [-0.25, -0.2) is 0 Å². The third-order valence-electron chi connectivity index (χ3n) is 5.28. The van der Waals surface area contributed by atoms with E-state index in [0.29, 0.717) is 23.7 Å². The fourth-order valence-electron chi connectivity index (χ4n) is 3.81. The zero-order valence-corrected chi connectivity index (χ0v) is 19.3. The summed E-state index contributed by atoms with van der Waals surface area (Å²) in [6.07, 6.45) is 3.28. The third kappa shape index (κ3) is 5.18. The fourth-order valence-corrected chi connectivity index (χ4v) is 3.81. The zero-order valence-electron chi connectivity index (χ0n) is 19.3. The highest BCUT2D eigenvalue weighted by atomic mass is 16.5. The molecule has 0 saturated carbocycles. The number of allylic oxidation sites excluding steroid dienone is 1. The van der Waals surface area contributed by atoms with E-state index in [1.165, 1.54) is 13.0 Å². The predicted octanol–water partition coefficient (Wildman–Crippen LogP) is 6.50. The molecule has 2 N–H and O–H groups in total. The van der Waals surface area contributed by atoms with Gasteiger partial charge in [-0.1, -0.05) is 36.4 Å². The van der Waals surface area contributed by atoms with E-state index in [-0.39, 0.29) is 11.8 Å². The van der Waals surface area contributed by atoms with Crippen LogP contribution in [0.4, 0.5) is 11.4 Å². The maximum Gasteiger partial charge on any atom is 0.248 e. The van der Waals surface area contributed by atoms with Gasteiger partial charge in [0.25, 0.3) is 0 Å². The first-order chi connectivity index (χ1) is 16.4. The lowest BCUT2D eigenvalue weighted by molar-refractivity contribution is -0.114. The Morgan fingerprint density at radius 2 is 1.68 bits per heavy atom.